The highest BCUT2D eigenvalue weighted by molar-refractivity contribution is 5.92. The van der Waals surface area contributed by atoms with Crippen molar-refractivity contribution >= 4 is 5.91 Å². The lowest BCUT2D eigenvalue weighted by molar-refractivity contribution is -0.0484. The van der Waals surface area contributed by atoms with E-state index in [1.807, 2.05) is 16.5 Å². The summed E-state index contributed by atoms with van der Waals surface area (Å²) in [4.78, 5) is 21.1. The van der Waals surface area contributed by atoms with Gasteiger partial charge in [-0.2, -0.15) is 0 Å². The SMILES string of the molecule is Cn1cnc(C(=O)N2C[C@@H]3OCCN(CC4CC4)[C@H]3C2)c1. The molecule has 1 aromatic rings. The first-order chi connectivity index (χ1) is 10.2. The summed E-state index contributed by atoms with van der Waals surface area (Å²) in [6, 6.07) is 0.368. The van der Waals surface area contributed by atoms with Gasteiger partial charge in [-0.1, -0.05) is 0 Å². The molecule has 3 aliphatic rings. The molecule has 0 radical (unpaired) electrons. The lowest BCUT2D eigenvalue weighted by Crippen LogP contribution is -2.51. The van der Waals surface area contributed by atoms with Gasteiger partial charge in [0.15, 0.2) is 0 Å². The monoisotopic (exact) mass is 290 g/mol. The number of amides is 1. The predicted molar refractivity (Wildman–Crippen MR) is 76.9 cm³/mol. The van der Waals surface area contributed by atoms with Crippen LogP contribution in [0.2, 0.25) is 0 Å². The molecule has 114 valence electrons. The molecule has 1 aromatic heterocycles. The third-order valence-corrected chi connectivity index (χ3v) is 4.82. The van der Waals surface area contributed by atoms with Crippen LogP contribution in [-0.2, 0) is 11.8 Å². The van der Waals surface area contributed by atoms with Gasteiger partial charge < -0.3 is 14.2 Å². The van der Waals surface area contributed by atoms with Crippen LogP contribution in [-0.4, -0.2) is 70.2 Å². The van der Waals surface area contributed by atoms with Crippen molar-refractivity contribution < 1.29 is 9.53 Å². The van der Waals surface area contributed by atoms with Crippen molar-refractivity contribution in [1.29, 1.82) is 0 Å². The van der Waals surface area contributed by atoms with Crippen molar-refractivity contribution in [3.05, 3.63) is 18.2 Å². The second-order valence-corrected chi connectivity index (χ2v) is 6.55. The zero-order valence-corrected chi connectivity index (χ0v) is 12.4. The number of morpholine rings is 1. The van der Waals surface area contributed by atoms with Gasteiger partial charge in [-0.05, 0) is 18.8 Å². The second-order valence-electron chi connectivity index (χ2n) is 6.55. The zero-order chi connectivity index (χ0) is 14.4. The molecule has 0 aromatic carbocycles. The highest BCUT2D eigenvalue weighted by Crippen LogP contribution is 2.33. The molecular formula is C15H22N4O2. The van der Waals surface area contributed by atoms with Crippen LogP contribution in [0.3, 0.4) is 0 Å². The molecule has 1 saturated carbocycles. The minimum atomic E-state index is 0.0278. The summed E-state index contributed by atoms with van der Waals surface area (Å²) < 4.78 is 7.71. The molecule has 0 N–H and O–H groups in total. The van der Waals surface area contributed by atoms with Crippen molar-refractivity contribution in [3.8, 4) is 0 Å². The quantitative estimate of drug-likeness (QED) is 0.806. The number of hydrogen-bond acceptors (Lipinski definition) is 4. The van der Waals surface area contributed by atoms with Gasteiger partial charge in [0.2, 0.25) is 0 Å². The summed E-state index contributed by atoms with van der Waals surface area (Å²) in [6.45, 7) is 4.44. The molecule has 3 heterocycles. The van der Waals surface area contributed by atoms with Gasteiger partial charge in [-0.25, -0.2) is 4.98 Å². The van der Waals surface area contributed by atoms with E-state index in [4.69, 9.17) is 4.74 Å². The summed E-state index contributed by atoms with van der Waals surface area (Å²) >= 11 is 0. The Hall–Kier alpha value is -1.40. The molecule has 6 nitrogen and oxygen atoms in total. The Balaban J connectivity index is 1.45. The molecule has 0 spiro atoms. The van der Waals surface area contributed by atoms with Crippen molar-refractivity contribution in [1.82, 2.24) is 19.4 Å². The van der Waals surface area contributed by atoms with Crippen LogP contribution in [0.15, 0.2) is 12.5 Å². The minimum Gasteiger partial charge on any atom is -0.373 e. The summed E-state index contributed by atoms with van der Waals surface area (Å²) in [7, 11) is 1.88. The number of aryl methyl sites for hydroxylation is 1. The predicted octanol–water partition coefficient (Wildman–Crippen LogP) is 0.355. The first-order valence-electron chi connectivity index (χ1n) is 7.83. The van der Waals surface area contributed by atoms with E-state index >= 15 is 0 Å². The molecule has 3 fully saturated rings. The minimum absolute atomic E-state index is 0.0278. The van der Waals surface area contributed by atoms with Crippen LogP contribution < -0.4 is 0 Å². The maximum Gasteiger partial charge on any atom is 0.274 e. The Labute approximate surface area is 124 Å². The molecule has 6 heteroatoms. The van der Waals surface area contributed by atoms with E-state index in [0.29, 0.717) is 18.3 Å². The number of rotatable bonds is 3. The summed E-state index contributed by atoms with van der Waals surface area (Å²) in [6.07, 6.45) is 6.36. The Bertz CT molecular complexity index is 540. The van der Waals surface area contributed by atoms with Crippen LogP contribution in [0.4, 0.5) is 0 Å². The Morgan fingerprint density at radius 1 is 1.43 bits per heavy atom. The van der Waals surface area contributed by atoms with E-state index in [9.17, 15) is 4.79 Å². The van der Waals surface area contributed by atoms with Gasteiger partial charge in [-0.15, -0.1) is 0 Å². The molecule has 1 amide bonds. The standard InChI is InChI=1S/C15H22N4O2/c1-17-7-12(16-10-17)15(20)19-8-13-14(9-19)21-5-4-18(13)6-11-2-3-11/h7,10-11,13-14H,2-6,8-9H2,1H3/t13-,14-/m0/s1. The molecule has 2 atom stereocenters. The third kappa shape index (κ3) is 2.58. The van der Waals surface area contributed by atoms with Crippen molar-refractivity contribution in [2.24, 2.45) is 13.0 Å². The second kappa shape index (κ2) is 5.10. The lowest BCUT2D eigenvalue weighted by Gasteiger charge is -2.36. The van der Waals surface area contributed by atoms with Crippen LogP contribution in [0.5, 0.6) is 0 Å². The Morgan fingerprint density at radius 3 is 3.00 bits per heavy atom. The normalized spacial score (nSPS) is 29.7. The average molecular weight is 290 g/mol. The highest BCUT2D eigenvalue weighted by atomic mass is 16.5. The van der Waals surface area contributed by atoms with E-state index < -0.39 is 0 Å². The maximum atomic E-state index is 12.5. The van der Waals surface area contributed by atoms with Gasteiger partial charge in [-0.3, -0.25) is 9.69 Å². The molecule has 2 aliphatic heterocycles. The van der Waals surface area contributed by atoms with E-state index in [1.54, 1.807) is 12.5 Å². The van der Waals surface area contributed by atoms with Gasteiger partial charge >= 0.3 is 0 Å². The largest absolute Gasteiger partial charge is 0.373 e. The number of aromatic nitrogens is 2. The number of likely N-dealkylation sites (tertiary alicyclic amines) is 1. The molecule has 4 rings (SSSR count). The number of hydrogen-bond donors (Lipinski definition) is 0. The van der Waals surface area contributed by atoms with Gasteiger partial charge in [0, 0.05) is 39.4 Å². The van der Waals surface area contributed by atoms with Gasteiger partial charge in [0.05, 0.1) is 25.1 Å². The highest BCUT2D eigenvalue weighted by Gasteiger charge is 2.43. The molecular weight excluding hydrogens is 268 g/mol. The fraction of sp³-hybridized carbons (Fsp3) is 0.733. The Kier molecular flexibility index (Phi) is 3.23. The Morgan fingerprint density at radius 2 is 2.29 bits per heavy atom. The molecule has 0 bridgehead atoms. The molecule has 1 aliphatic carbocycles. The molecule has 2 saturated heterocycles. The smallest absolute Gasteiger partial charge is 0.274 e. The van der Waals surface area contributed by atoms with Gasteiger partial charge in [0.1, 0.15) is 5.69 Å². The first kappa shape index (κ1) is 13.3. The van der Waals surface area contributed by atoms with Crippen LogP contribution >= 0.6 is 0 Å². The lowest BCUT2D eigenvalue weighted by atomic mass is 10.1. The number of ether oxygens (including phenoxy) is 1. The topological polar surface area (TPSA) is 50.6 Å². The summed E-state index contributed by atoms with van der Waals surface area (Å²) in [5.41, 5.74) is 0.532. The number of carbonyl (C=O) groups is 1. The van der Waals surface area contributed by atoms with Crippen LogP contribution in [0.25, 0.3) is 0 Å². The first-order valence-corrected chi connectivity index (χ1v) is 7.83. The fourth-order valence-corrected chi connectivity index (χ4v) is 3.47. The third-order valence-electron chi connectivity index (χ3n) is 4.82. The number of fused-ring (bicyclic) bond motifs is 1. The molecule has 21 heavy (non-hydrogen) atoms. The number of carbonyl (C=O) groups excluding carboxylic acids is 1. The number of imidazole rings is 1. The average Bonchev–Trinajstić information content (AvgIpc) is 3.01. The summed E-state index contributed by atoms with van der Waals surface area (Å²) in [5.74, 6) is 0.907. The van der Waals surface area contributed by atoms with E-state index in [2.05, 4.69) is 9.88 Å². The van der Waals surface area contributed by atoms with E-state index in [1.165, 1.54) is 19.4 Å². The van der Waals surface area contributed by atoms with Crippen LogP contribution in [0, 0.1) is 5.92 Å². The maximum absolute atomic E-state index is 12.5. The molecule has 0 unspecified atom stereocenters. The van der Waals surface area contributed by atoms with Crippen molar-refractivity contribution in [2.45, 2.75) is 25.0 Å². The van der Waals surface area contributed by atoms with Gasteiger partial charge in [0.25, 0.3) is 5.91 Å². The van der Waals surface area contributed by atoms with E-state index in [0.717, 1.165) is 25.6 Å². The fourth-order valence-electron chi connectivity index (χ4n) is 3.47. The van der Waals surface area contributed by atoms with Crippen molar-refractivity contribution in [2.75, 3.05) is 32.8 Å². The van der Waals surface area contributed by atoms with Crippen molar-refractivity contribution in [3.63, 3.8) is 0 Å². The number of nitrogens with zero attached hydrogens (tertiary/aromatic N) is 4. The zero-order valence-electron chi connectivity index (χ0n) is 12.4. The summed E-state index contributed by atoms with van der Waals surface area (Å²) in [5, 5.41) is 0. The van der Waals surface area contributed by atoms with Crippen LogP contribution in [0.1, 0.15) is 23.3 Å². The van der Waals surface area contributed by atoms with E-state index in [-0.39, 0.29) is 12.0 Å².